The van der Waals surface area contributed by atoms with Gasteiger partial charge < -0.3 is 15.4 Å². The summed E-state index contributed by atoms with van der Waals surface area (Å²) >= 11 is 0. The lowest BCUT2D eigenvalue weighted by Gasteiger charge is -2.22. The van der Waals surface area contributed by atoms with E-state index in [1.54, 1.807) is 0 Å². The van der Waals surface area contributed by atoms with Crippen molar-refractivity contribution in [2.45, 2.75) is 38.8 Å². The molecule has 0 atom stereocenters. The van der Waals surface area contributed by atoms with Crippen LogP contribution < -0.4 is 15.4 Å². The maximum absolute atomic E-state index is 12.0. The van der Waals surface area contributed by atoms with Crippen molar-refractivity contribution in [3.63, 3.8) is 0 Å². The molecule has 2 N–H and O–H groups in total. The highest BCUT2D eigenvalue weighted by Gasteiger charge is 2.14. The van der Waals surface area contributed by atoms with Gasteiger partial charge in [0.2, 0.25) is 5.91 Å². The van der Waals surface area contributed by atoms with Gasteiger partial charge in [-0.3, -0.25) is 4.79 Å². The number of hydrogen-bond donors (Lipinski definition) is 2. The van der Waals surface area contributed by atoms with E-state index in [-0.39, 0.29) is 5.91 Å². The molecule has 26 heavy (non-hydrogen) atoms. The number of ether oxygens (including phenoxy) is 1. The van der Waals surface area contributed by atoms with Crippen molar-refractivity contribution in [2.75, 3.05) is 13.1 Å². The number of carbonyl (C=O) groups is 1. The second-order valence-electron chi connectivity index (χ2n) is 6.93. The van der Waals surface area contributed by atoms with E-state index in [2.05, 4.69) is 34.9 Å². The van der Waals surface area contributed by atoms with E-state index in [0.717, 1.165) is 36.4 Å². The highest BCUT2D eigenvalue weighted by molar-refractivity contribution is 5.75. The molecule has 0 spiro atoms. The summed E-state index contributed by atoms with van der Waals surface area (Å²) in [5, 5.41) is 6.39. The molecule has 138 valence electrons. The van der Waals surface area contributed by atoms with Crippen LogP contribution in [0, 0.1) is 5.92 Å². The average molecular weight is 352 g/mol. The molecule has 1 fully saturated rings. The van der Waals surface area contributed by atoms with Gasteiger partial charge in [0.1, 0.15) is 12.4 Å². The largest absolute Gasteiger partial charge is 0.489 e. The third-order valence-corrected chi connectivity index (χ3v) is 4.90. The van der Waals surface area contributed by atoms with Gasteiger partial charge in [-0.15, -0.1) is 0 Å². The lowest BCUT2D eigenvalue weighted by atomic mass is 9.93. The average Bonchev–Trinajstić information content (AvgIpc) is 2.71. The fraction of sp³-hybridized carbons (Fsp3) is 0.409. The highest BCUT2D eigenvalue weighted by atomic mass is 16.5. The molecular weight excluding hydrogens is 324 g/mol. The highest BCUT2D eigenvalue weighted by Crippen LogP contribution is 2.17. The van der Waals surface area contributed by atoms with E-state index >= 15 is 0 Å². The van der Waals surface area contributed by atoms with Crippen molar-refractivity contribution in [2.24, 2.45) is 5.92 Å². The van der Waals surface area contributed by atoms with Crippen molar-refractivity contribution in [1.29, 1.82) is 0 Å². The van der Waals surface area contributed by atoms with Crippen LogP contribution in [0.5, 0.6) is 5.75 Å². The van der Waals surface area contributed by atoms with Crippen LogP contribution in [0.15, 0.2) is 54.6 Å². The first kappa shape index (κ1) is 18.5. The molecule has 2 aromatic rings. The predicted molar refractivity (Wildman–Crippen MR) is 104 cm³/mol. The van der Waals surface area contributed by atoms with Crippen LogP contribution in [0.3, 0.4) is 0 Å². The zero-order valence-electron chi connectivity index (χ0n) is 15.2. The van der Waals surface area contributed by atoms with E-state index < -0.39 is 0 Å². The van der Waals surface area contributed by atoms with Crippen LogP contribution in [0.1, 0.15) is 36.8 Å². The number of piperidine rings is 1. The van der Waals surface area contributed by atoms with E-state index in [9.17, 15) is 4.79 Å². The summed E-state index contributed by atoms with van der Waals surface area (Å²) in [5.41, 5.74) is 2.23. The molecule has 0 aliphatic carbocycles. The zero-order valence-corrected chi connectivity index (χ0v) is 15.2. The van der Waals surface area contributed by atoms with Crippen molar-refractivity contribution in [3.8, 4) is 5.75 Å². The van der Waals surface area contributed by atoms with Gasteiger partial charge in [-0.25, -0.2) is 0 Å². The molecule has 1 saturated heterocycles. The minimum atomic E-state index is 0.153. The minimum absolute atomic E-state index is 0.153. The van der Waals surface area contributed by atoms with Gasteiger partial charge in [0.05, 0.1) is 0 Å². The molecule has 4 heteroatoms. The Morgan fingerprint density at radius 3 is 2.42 bits per heavy atom. The Kier molecular flexibility index (Phi) is 7.08. The molecule has 2 aromatic carbocycles. The van der Waals surface area contributed by atoms with Crippen LogP contribution in [-0.4, -0.2) is 19.0 Å². The quantitative estimate of drug-likeness (QED) is 0.762. The van der Waals surface area contributed by atoms with Crippen molar-refractivity contribution in [1.82, 2.24) is 10.6 Å². The topological polar surface area (TPSA) is 50.4 Å². The number of amides is 1. The summed E-state index contributed by atoms with van der Waals surface area (Å²) in [6, 6.07) is 18.0. The van der Waals surface area contributed by atoms with Crippen molar-refractivity contribution >= 4 is 5.91 Å². The van der Waals surface area contributed by atoms with Gasteiger partial charge in [0.15, 0.2) is 0 Å². The second-order valence-corrected chi connectivity index (χ2v) is 6.93. The monoisotopic (exact) mass is 352 g/mol. The van der Waals surface area contributed by atoms with E-state index in [1.807, 2.05) is 30.3 Å². The molecule has 1 heterocycles. The first-order valence-electron chi connectivity index (χ1n) is 9.53. The molecule has 0 bridgehead atoms. The molecular formula is C22H28N2O2. The van der Waals surface area contributed by atoms with Crippen LogP contribution in [0.4, 0.5) is 0 Å². The second kappa shape index (κ2) is 9.97. The van der Waals surface area contributed by atoms with Gasteiger partial charge in [-0.05, 0) is 61.5 Å². The van der Waals surface area contributed by atoms with Crippen LogP contribution in [0.2, 0.25) is 0 Å². The van der Waals surface area contributed by atoms with Gasteiger partial charge in [-0.1, -0.05) is 42.5 Å². The number of para-hydroxylation sites is 1. The smallest absolute Gasteiger partial charge is 0.220 e. The first-order chi connectivity index (χ1) is 12.8. The number of carbonyl (C=O) groups excluding carboxylic acids is 1. The maximum Gasteiger partial charge on any atom is 0.220 e. The molecule has 1 aliphatic heterocycles. The van der Waals surface area contributed by atoms with Crippen molar-refractivity contribution < 1.29 is 9.53 Å². The number of hydrogen-bond acceptors (Lipinski definition) is 3. The third kappa shape index (κ3) is 6.19. The number of nitrogens with one attached hydrogen (secondary N) is 2. The van der Waals surface area contributed by atoms with Gasteiger partial charge in [0, 0.05) is 13.0 Å². The lowest BCUT2D eigenvalue weighted by molar-refractivity contribution is -0.121. The molecule has 1 amide bonds. The third-order valence-electron chi connectivity index (χ3n) is 4.90. The Morgan fingerprint density at radius 1 is 1.00 bits per heavy atom. The summed E-state index contributed by atoms with van der Waals surface area (Å²) in [4.78, 5) is 12.0. The Morgan fingerprint density at radius 2 is 1.69 bits per heavy atom. The summed E-state index contributed by atoms with van der Waals surface area (Å²) < 4.78 is 5.75. The first-order valence-corrected chi connectivity index (χ1v) is 9.53. The van der Waals surface area contributed by atoms with E-state index in [1.165, 1.54) is 12.8 Å². The summed E-state index contributed by atoms with van der Waals surface area (Å²) in [7, 11) is 0. The van der Waals surface area contributed by atoms with Crippen LogP contribution in [-0.2, 0) is 17.9 Å². The number of rotatable bonds is 8. The fourth-order valence-electron chi connectivity index (χ4n) is 3.23. The Balaban J connectivity index is 1.36. The Hall–Kier alpha value is -2.33. The minimum Gasteiger partial charge on any atom is -0.489 e. The van der Waals surface area contributed by atoms with Gasteiger partial charge >= 0.3 is 0 Å². The molecule has 1 aliphatic rings. The van der Waals surface area contributed by atoms with Crippen molar-refractivity contribution in [3.05, 3.63) is 65.7 Å². The molecule has 0 saturated carbocycles. The molecule has 0 unspecified atom stereocenters. The predicted octanol–water partition coefficient (Wildman–Crippen LogP) is 3.66. The Labute approximate surface area is 156 Å². The van der Waals surface area contributed by atoms with Gasteiger partial charge in [0.25, 0.3) is 0 Å². The maximum atomic E-state index is 12.0. The molecule has 0 radical (unpaired) electrons. The molecule has 0 aromatic heterocycles. The Bertz CT molecular complexity index is 664. The molecule has 3 rings (SSSR count). The normalized spacial score (nSPS) is 14.8. The van der Waals surface area contributed by atoms with Crippen LogP contribution >= 0.6 is 0 Å². The zero-order chi connectivity index (χ0) is 18.0. The fourth-order valence-corrected chi connectivity index (χ4v) is 3.23. The standard InChI is InChI=1S/C22H28N2O2/c25-22(11-10-18-12-14-23-15-13-18)24-16-19-6-8-20(9-7-19)17-26-21-4-2-1-3-5-21/h1-9,18,23H,10-17H2,(H,24,25). The van der Waals surface area contributed by atoms with E-state index in [0.29, 0.717) is 25.5 Å². The summed E-state index contributed by atoms with van der Waals surface area (Å²) in [5.74, 6) is 1.73. The molecule has 4 nitrogen and oxygen atoms in total. The summed E-state index contributed by atoms with van der Waals surface area (Å²) in [6.45, 7) is 3.32. The SMILES string of the molecule is O=C(CCC1CCNCC1)NCc1ccc(COc2ccccc2)cc1. The van der Waals surface area contributed by atoms with Crippen LogP contribution in [0.25, 0.3) is 0 Å². The number of benzene rings is 2. The van der Waals surface area contributed by atoms with Gasteiger partial charge in [-0.2, -0.15) is 0 Å². The van der Waals surface area contributed by atoms with E-state index in [4.69, 9.17) is 4.74 Å². The summed E-state index contributed by atoms with van der Waals surface area (Å²) in [6.07, 6.45) is 4.02. The lowest BCUT2D eigenvalue weighted by Crippen LogP contribution is -2.29.